The molecule has 0 aliphatic heterocycles. The van der Waals surface area contributed by atoms with E-state index in [0.717, 1.165) is 5.69 Å². The van der Waals surface area contributed by atoms with E-state index in [1.54, 1.807) is 4.90 Å². The van der Waals surface area contributed by atoms with Gasteiger partial charge in [0.2, 0.25) is 5.91 Å². The minimum atomic E-state index is 0.127. The van der Waals surface area contributed by atoms with E-state index >= 15 is 0 Å². The average molecular weight is 232 g/mol. The van der Waals surface area contributed by atoms with Gasteiger partial charge < -0.3 is 10.2 Å². The average Bonchev–Trinajstić information content (AvgIpc) is 3.07. The fourth-order valence-electron chi connectivity index (χ4n) is 1.93. The molecule has 3 nitrogen and oxygen atoms in total. The van der Waals surface area contributed by atoms with E-state index in [9.17, 15) is 4.79 Å². The van der Waals surface area contributed by atoms with Crippen molar-refractivity contribution >= 4 is 11.6 Å². The van der Waals surface area contributed by atoms with Crippen LogP contribution in [-0.4, -0.2) is 25.5 Å². The van der Waals surface area contributed by atoms with Gasteiger partial charge in [0.05, 0.1) is 6.54 Å². The molecule has 1 aliphatic rings. The molecule has 3 heteroatoms. The summed E-state index contributed by atoms with van der Waals surface area (Å²) in [5, 5.41) is 3.25. The van der Waals surface area contributed by atoms with Crippen molar-refractivity contribution in [1.82, 2.24) is 5.32 Å². The summed E-state index contributed by atoms with van der Waals surface area (Å²) in [5.41, 5.74) is 3.36. The highest BCUT2D eigenvalue weighted by Crippen LogP contribution is 2.19. The van der Waals surface area contributed by atoms with Crippen molar-refractivity contribution < 1.29 is 4.79 Å². The molecule has 1 fully saturated rings. The van der Waals surface area contributed by atoms with Crippen LogP contribution in [0, 0.1) is 13.8 Å². The van der Waals surface area contributed by atoms with Gasteiger partial charge in [-0.05, 0) is 49.9 Å². The molecule has 1 N–H and O–H groups in total. The van der Waals surface area contributed by atoms with Gasteiger partial charge >= 0.3 is 0 Å². The van der Waals surface area contributed by atoms with Crippen LogP contribution in [0.5, 0.6) is 0 Å². The van der Waals surface area contributed by atoms with Crippen LogP contribution in [0.2, 0.25) is 0 Å². The van der Waals surface area contributed by atoms with Gasteiger partial charge in [-0.15, -0.1) is 0 Å². The van der Waals surface area contributed by atoms with Crippen LogP contribution in [0.3, 0.4) is 0 Å². The van der Waals surface area contributed by atoms with Crippen molar-refractivity contribution in [2.75, 3.05) is 18.5 Å². The Balaban J connectivity index is 2.01. The first-order chi connectivity index (χ1) is 8.06. The van der Waals surface area contributed by atoms with Gasteiger partial charge in [-0.1, -0.05) is 6.07 Å². The summed E-state index contributed by atoms with van der Waals surface area (Å²) in [5.74, 6) is 0.127. The predicted molar refractivity (Wildman–Crippen MR) is 70.4 cm³/mol. The van der Waals surface area contributed by atoms with Gasteiger partial charge in [-0.3, -0.25) is 4.79 Å². The Morgan fingerprint density at radius 1 is 1.29 bits per heavy atom. The van der Waals surface area contributed by atoms with E-state index in [2.05, 4.69) is 25.2 Å². The van der Waals surface area contributed by atoms with Crippen molar-refractivity contribution in [1.29, 1.82) is 0 Å². The monoisotopic (exact) mass is 232 g/mol. The van der Waals surface area contributed by atoms with E-state index in [1.165, 1.54) is 24.0 Å². The normalized spacial score (nSPS) is 14.8. The molecule has 0 aromatic heterocycles. The van der Waals surface area contributed by atoms with Crippen LogP contribution in [0.4, 0.5) is 5.69 Å². The molecule has 0 atom stereocenters. The molecule has 2 rings (SSSR count). The summed E-state index contributed by atoms with van der Waals surface area (Å²) >= 11 is 0. The smallest absolute Gasteiger partial charge is 0.240 e. The number of amides is 1. The number of hydrogen-bond donors (Lipinski definition) is 1. The molecule has 0 unspecified atom stereocenters. The lowest BCUT2D eigenvalue weighted by Gasteiger charge is -2.19. The van der Waals surface area contributed by atoms with Gasteiger partial charge in [0.1, 0.15) is 0 Å². The number of nitrogens with zero attached hydrogens (tertiary/aromatic N) is 1. The van der Waals surface area contributed by atoms with Crippen molar-refractivity contribution in [2.45, 2.75) is 32.7 Å². The molecule has 0 radical (unpaired) electrons. The first-order valence-corrected chi connectivity index (χ1v) is 6.14. The fraction of sp³-hybridized carbons (Fsp3) is 0.500. The van der Waals surface area contributed by atoms with Crippen LogP contribution >= 0.6 is 0 Å². The van der Waals surface area contributed by atoms with Crippen LogP contribution in [0.25, 0.3) is 0 Å². The molecule has 92 valence electrons. The first kappa shape index (κ1) is 12.1. The number of carbonyl (C=O) groups is 1. The molecule has 0 saturated heterocycles. The van der Waals surface area contributed by atoms with E-state index < -0.39 is 0 Å². The number of anilines is 1. The number of nitrogens with one attached hydrogen (secondary N) is 1. The van der Waals surface area contributed by atoms with Crippen LogP contribution in [0.15, 0.2) is 18.2 Å². The first-order valence-electron chi connectivity index (χ1n) is 6.14. The number of benzene rings is 1. The Morgan fingerprint density at radius 3 is 2.41 bits per heavy atom. The highest BCUT2D eigenvalue weighted by atomic mass is 16.2. The number of carbonyl (C=O) groups excluding carboxylic acids is 1. The second-order valence-electron chi connectivity index (χ2n) is 4.95. The van der Waals surface area contributed by atoms with Crippen molar-refractivity contribution in [3.63, 3.8) is 0 Å². The minimum absolute atomic E-state index is 0.127. The Bertz CT molecular complexity index is 404. The molecule has 0 spiro atoms. The zero-order valence-corrected chi connectivity index (χ0v) is 10.8. The van der Waals surface area contributed by atoms with Crippen molar-refractivity contribution in [2.24, 2.45) is 0 Å². The zero-order chi connectivity index (χ0) is 12.4. The van der Waals surface area contributed by atoms with E-state index in [-0.39, 0.29) is 5.91 Å². The molecule has 1 aromatic rings. The third-order valence-corrected chi connectivity index (χ3v) is 3.09. The molecular formula is C14H20N2O. The summed E-state index contributed by atoms with van der Waals surface area (Å²) in [6, 6.07) is 6.78. The van der Waals surface area contributed by atoms with E-state index in [0.29, 0.717) is 12.6 Å². The second-order valence-corrected chi connectivity index (χ2v) is 4.95. The third kappa shape index (κ3) is 3.30. The lowest BCUT2D eigenvalue weighted by Crippen LogP contribution is -2.36. The van der Waals surface area contributed by atoms with Crippen LogP contribution < -0.4 is 10.2 Å². The molecule has 0 heterocycles. The van der Waals surface area contributed by atoms with Gasteiger partial charge in [0.15, 0.2) is 0 Å². The Kier molecular flexibility index (Phi) is 3.48. The third-order valence-electron chi connectivity index (χ3n) is 3.09. The highest BCUT2D eigenvalue weighted by molar-refractivity contribution is 5.94. The van der Waals surface area contributed by atoms with Crippen LogP contribution in [-0.2, 0) is 4.79 Å². The summed E-state index contributed by atoms with van der Waals surface area (Å²) in [7, 11) is 1.84. The quantitative estimate of drug-likeness (QED) is 0.861. The largest absolute Gasteiger partial charge is 0.314 e. The standard InChI is InChI=1S/C14H20N2O/c1-10-6-11(2)8-13(7-10)16(3)14(17)9-15-12-4-5-12/h6-8,12,15H,4-5,9H2,1-3H3. The number of hydrogen-bond acceptors (Lipinski definition) is 2. The molecule has 1 aliphatic carbocycles. The summed E-state index contributed by atoms with van der Waals surface area (Å²) in [6.07, 6.45) is 2.42. The number of likely N-dealkylation sites (N-methyl/N-ethyl adjacent to an activating group) is 1. The van der Waals surface area contributed by atoms with E-state index in [4.69, 9.17) is 0 Å². The summed E-state index contributed by atoms with van der Waals surface area (Å²) in [4.78, 5) is 13.7. The molecule has 1 aromatic carbocycles. The molecule has 0 bridgehead atoms. The van der Waals surface area contributed by atoms with Crippen LogP contribution in [0.1, 0.15) is 24.0 Å². The SMILES string of the molecule is Cc1cc(C)cc(N(C)C(=O)CNC2CC2)c1. The molecule has 1 saturated carbocycles. The van der Waals surface area contributed by atoms with Crippen molar-refractivity contribution in [3.05, 3.63) is 29.3 Å². The number of rotatable bonds is 4. The Labute approximate surface area is 103 Å². The number of aryl methyl sites for hydroxylation is 2. The maximum Gasteiger partial charge on any atom is 0.240 e. The minimum Gasteiger partial charge on any atom is -0.314 e. The highest BCUT2D eigenvalue weighted by Gasteiger charge is 2.22. The Hall–Kier alpha value is -1.35. The lowest BCUT2D eigenvalue weighted by molar-refractivity contribution is -0.117. The van der Waals surface area contributed by atoms with Crippen molar-refractivity contribution in [3.8, 4) is 0 Å². The van der Waals surface area contributed by atoms with Gasteiger partial charge in [0.25, 0.3) is 0 Å². The summed E-state index contributed by atoms with van der Waals surface area (Å²) in [6.45, 7) is 4.54. The maximum absolute atomic E-state index is 12.0. The topological polar surface area (TPSA) is 32.3 Å². The summed E-state index contributed by atoms with van der Waals surface area (Å²) < 4.78 is 0. The van der Waals surface area contributed by atoms with E-state index in [1.807, 2.05) is 19.2 Å². The lowest BCUT2D eigenvalue weighted by atomic mass is 10.1. The molecule has 17 heavy (non-hydrogen) atoms. The fourth-order valence-corrected chi connectivity index (χ4v) is 1.93. The van der Waals surface area contributed by atoms with Gasteiger partial charge in [0, 0.05) is 18.8 Å². The zero-order valence-electron chi connectivity index (χ0n) is 10.8. The van der Waals surface area contributed by atoms with Gasteiger partial charge in [-0.25, -0.2) is 0 Å². The molecular weight excluding hydrogens is 212 g/mol. The van der Waals surface area contributed by atoms with Gasteiger partial charge in [-0.2, -0.15) is 0 Å². The Morgan fingerprint density at radius 2 is 1.88 bits per heavy atom. The predicted octanol–water partition coefficient (Wildman–Crippen LogP) is 2.02. The maximum atomic E-state index is 12.0. The molecule has 1 amide bonds. The second kappa shape index (κ2) is 4.88.